The molecule has 24 heavy (non-hydrogen) atoms. The third-order valence-electron chi connectivity index (χ3n) is 4.37. The number of aromatic nitrogens is 4. The number of pyridine rings is 1. The van der Waals surface area contributed by atoms with Crippen LogP contribution in [0.1, 0.15) is 22.7 Å². The van der Waals surface area contributed by atoms with Gasteiger partial charge in [0.15, 0.2) is 5.16 Å². The van der Waals surface area contributed by atoms with E-state index in [1.165, 1.54) is 10.4 Å². The average molecular weight is 354 g/mol. The lowest BCUT2D eigenvalue weighted by Gasteiger charge is -2.02. The largest absolute Gasteiger partial charge is 0.309 e. The van der Waals surface area contributed by atoms with Gasteiger partial charge in [0.1, 0.15) is 10.7 Å². The molecule has 5 rings (SSSR count). The summed E-state index contributed by atoms with van der Waals surface area (Å²) in [7, 11) is 0. The second-order valence-electron chi connectivity index (χ2n) is 5.88. The predicted octanol–water partition coefficient (Wildman–Crippen LogP) is 3.41. The summed E-state index contributed by atoms with van der Waals surface area (Å²) in [5, 5.41) is 1.72. The Morgan fingerprint density at radius 1 is 1.33 bits per heavy atom. The van der Waals surface area contributed by atoms with Crippen molar-refractivity contribution in [2.24, 2.45) is 0 Å². The smallest absolute Gasteiger partial charge is 0.259 e. The fourth-order valence-corrected chi connectivity index (χ4v) is 5.39. The fourth-order valence-electron chi connectivity index (χ4n) is 3.27. The van der Waals surface area contributed by atoms with Gasteiger partial charge >= 0.3 is 0 Å². The number of H-pyrrole nitrogens is 1. The highest BCUT2D eigenvalue weighted by Gasteiger charge is 2.21. The number of nitrogens with one attached hydrogen (secondary N) is 1. The molecule has 1 N–H and O–H groups in total. The van der Waals surface area contributed by atoms with Gasteiger partial charge in [-0.25, -0.2) is 9.97 Å². The molecule has 1 aliphatic rings. The molecule has 0 spiro atoms. The van der Waals surface area contributed by atoms with Crippen molar-refractivity contribution < 1.29 is 0 Å². The first-order valence-corrected chi connectivity index (χ1v) is 9.68. The van der Waals surface area contributed by atoms with Crippen molar-refractivity contribution in [3.8, 4) is 0 Å². The number of rotatable bonds is 3. The molecule has 0 atom stereocenters. The second kappa shape index (κ2) is 5.46. The van der Waals surface area contributed by atoms with E-state index in [1.807, 2.05) is 35.0 Å². The zero-order valence-electron chi connectivity index (χ0n) is 12.8. The van der Waals surface area contributed by atoms with Crippen molar-refractivity contribution in [3.63, 3.8) is 0 Å². The Hall–Kier alpha value is -2.12. The van der Waals surface area contributed by atoms with Gasteiger partial charge in [-0.3, -0.25) is 9.20 Å². The van der Waals surface area contributed by atoms with Crippen LogP contribution in [0.4, 0.5) is 0 Å². The maximum absolute atomic E-state index is 12.5. The molecule has 0 saturated carbocycles. The lowest BCUT2D eigenvalue weighted by atomic mass is 10.2. The third kappa shape index (κ3) is 2.19. The summed E-state index contributed by atoms with van der Waals surface area (Å²) in [5.41, 5.74) is 2.29. The molecule has 0 aromatic carbocycles. The first-order valence-electron chi connectivity index (χ1n) is 7.88. The van der Waals surface area contributed by atoms with Crippen LogP contribution in [-0.4, -0.2) is 19.4 Å². The van der Waals surface area contributed by atoms with Gasteiger partial charge in [-0.1, -0.05) is 17.8 Å². The Morgan fingerprint density at radius 3 is 3.25 bits per heavy atom. The van der Waals surface area contributed by atoms with E-state index < -0.39 is 0 Å². The Morgan fingerprint density at radius 2 is 2.29 bits per heavy atom. The SMILES string of the molecule is O=c1[nH]c(CSc2ncc3ccccn23)nc2sc3c(c12)CCC3. The number of hydrogen-bond acceptors (Lipinski definition) is 5. The molecule has 1 aliphatic carbocycles. The molecule has 0 radical (unpaired) electrons. The normalized spacial score (nSPS) is 13.8. The Kier molecular flexibility index (Phi) is 3.24. The van der Waals surface area contributed by atoms with Gasteiger partial charge in [0.25, 0.3) is 5.56 Å². The highest BCUT2D eigenvalue weighted by atomic mass is 32.2. The molecule has 120 valence electrons. The Labute approximate surface area is 145 Å². The summed E-state index contributed by atoms with van der Waals surface area (Å²) in [6, 6.07) is 6.00. The molecule has 0 bridgehead atoms. The molecule has 0 saturated heterocycles. The summed E-state index contributed by atoms with van der Waals surface area (Å²) < 4.78 is 2.04. The molecule has 5 nitrogen and oxygen atoms in total. The summed E-state index contributed by atoms with van der Waals surface area (Å²) in [6.45, 7) is 0. The van der Waals surface area contributed by atoms with E-state index in [-0.39, 0.29) is 5.56 Å². The van der Waals surface area contributed by atoms with Crippen LogP contribution in [0.15, 0.2) is 40.5 Å². The maximum atomic E-state index is 12.5. The minimum absolute atomic E-state index is 0.00276. The number of imidazole rings is 1. The summed E-state index contributed by atoms with van der Waals surface area (Å²) >= 11 is 3.26. The topological polar surface area (TPSA) is 63.0 Å². The predicted molar refractivity (Wildman–Crippen MR) is 97.0 cm³/mol. The molecular weight excluding hydrogens is 340 g/mol. The van der Waals surface area contributed by atoms with Gasteiger partial charge in [0.05, 0.1) is 22.9 Å². The van der Waals surface area contributed by atoms with Crippen LogP contribution in [0, 0.1) is 0 Å². The standard InChI is InChI=1S/C17H14N4OS2/c22-15-14-11-5-3-6-12(11)24-16(14)20-13(19-15)9-23-17-18-8-10-4-1-2-7-21(10)17/h1-2,4,7-8H,3,5-6,9H2,(H,19,20,22). The molecule has 4 heterocycles. The van der Waals surface area contributed by atoms with E-state index >= 15 is 0 Å². The zero-order chi connectivity index (χ0) is 16.1. The number of thiophene rings is 1. The average Bonchev–Trinajstić information content (AvgIpc) is 3.26. The number of aryl methyl sites for hydroxylation is 2. The number of fused-ring (bicyclic) bond motifs is 4. The third-order valence-corrected chi connectivity index (χ3v) is 6.53. The van der Waals surface area contributed by atoms with E-state index in [1.54, 1.807) is 23.1 Å². The number of hydrogen-bond donors (Lipinski definition) is 1. The summed E-state index contributed by atoms with van der Waals surface area (Å²) in [4.78, 5) is 26.8. The van der Waals surface area contributed by atoms with Crippen molar-refractivity contribution in [3.05, 3.63) is 57.2 Å². The van der Waals surface area contributed by atoms with Crippen molar-refractivity contribution >= 4 is 38.8 Å². The monoisotopic (exact) mass is 354 g/mol. The number of aromatic amines is 1. The lowest BCUT2D eigenvalue weighted by Crippen LogP contribution is -2.11. The molecule has 4 aromatic rings. The van der Waals surface area contributed by atoms with Crippen molar-refractivity contribution in [2.45, 2.75) is 30.2 Å². The van der Waals surface area contributed by atoms with Crippen LogP contribution in [0.2, 0.25) is 0 Å². The highest BCUT2D eigenvalue weighted by molar-refractivity contribution is 7.98. The minimum Gasteiger partial charge on any atom is -0.309 e. The Balaban J connectivity index is 1.48. The van der Waals surface area contributed by atoms with Gasteiger partial charge in [0.2, 0.25) is 0 Å². The van der Waals surface area contributed by atoms with Gasteiger partial charge < -0.3 is 4.98 Å². The van der Waals surface area contributed by atoms with Crippen molar-refractivity contribution in [2.75, 3.05) is 0 Å². The molecular formula is C17H14N4OS2. The van der Waals surface area contributed by atoms with Gasteiger partial charge in [0, 0.05) is 11.1 Å². The van der Waals surface area contributed by atoms with Crippen LogP contribution < -0.4 is 5.56 Å². The van der Waals surface area contributed by atoms with Crippen LogP contribution in [0.5, 0.6) is 0 Å². The molecule has 0 unspecified atom stereocenters. The van der Waals surface area contributed by atoms with Crippen LogP contribution in [0.3, 0.4) is 0 Å². The second-order valence-corrected chi connectivity index (χ2v) is 7.90. The highest BCUT2D eigenvalue weighted by Crippen LogP contribution is 2.34. The van der Waals surface area contributed by atoms with Crippen molar-refractivity contribution in [1.29, 1.82) is 0 Å². The van der Waals surface area contributed by atoms with Gasteiger partial charge in [-0.2, -0.15) is 0 Å². The van der Waals surface area contributed by atoms with Crippen LogP contribution in [-0.2, 0) is 18.6 Å². The minimum atomic E-state index is 0.00276. The fraction of sp³-hybridized carbons (Fsp3) is 0.235. The van der Waals surface area contributed by atoms with Crippen molar-refractivity contribution in [1.82, 2.24) is 19.4 Å². The quantitative estimate of drug-likeness (QED) is 0.573. The zero-order valence-corrected chi connectivity index (χ0v) is 14.4. The maximum Gasteiger partial charge on any atom is 0.259 e. The van der Waals surface area contributed by atoms with E-state index in [9.17, 15) is 4.79 Å². The van der Waals surface area contributed by atoms with E-state index in [2.05, 4.69) is 15.0 Å². The number of thioether (sulfide) groups is 1. The summed E-state index contributed by atoms with van der Waals surface area (Å²) in [6.07, 6.45) is 7.09. The van der Waals surface area contributed by atoms with Gasteiger partial charge in [-0.05, 0) is 37.0 Å². The van der Waals surface area contributed by atoms with E-state index in [0.717, 1.165) is 40.2 Å². The van der Waals surface area contributed by atoms with Gasteiger partial charge in [-0.15, -0.1) is 11.3 Å². The number of nitrogens with zero attached hydrogens (tertiary/aromatic N) is 3. The van der Waals surface area contributed by atoms with Crippen LogP contribution >= 0.6 is 23.1 Å². The molecule has 4 aromatic heterocycles. The molecule has 0 aliphatic heterocycles. The van der Waals surface area contributed by atoms with E-state index in [4.69, 9.17) is 0 Å². The molecule has 0 amide bonds. The summed E-state index contributed by atoms with van der Waals surface area (Å²) in [5.74, 6) is 1.31. The first kappa shape index (κ1) is 14.2. The van der Waals surface area contributed by atoms with E-state index in [0.29, 0.717) is 11.6 Å². The molecule has 0 fully saturated rings. The lowest BCUT2D eigenvalue weighted by molar-refractivity contribution is 0.915. The molecule has 7 heteroatoms. The van der Waals surface area contributed by atoms with Crippen LogP contribution in [0.25, 0.3) is 15.7 Å². The Bertz CT molecular complexity index is 1120. The first-order chi connectivity index (χ1) is 11.8.